The van der Waals surface area contributed by atoms with Gasteiger partial charge in [0, 0.05) is 20.0 Å². The number of Topliss-reactive ketones (excluding diaryl/α,β-unsaturated/α-hetero) is 1. The molecule has 0 radical (unpaired) electrons. The van der Waals surface area contributed by atoms with Gasteiger partial charge >= 0.3 is 0 Å². The van der Waals surface area contributed by atoms with E-state index in [4.69, 9.17) is 23.2 Å². The van der Waals surface area contributed by atoms with Crippen LogP contribution in [0.2, 0.25) is 10.0 Å². The number of phenolic OH excluding ortho intramolecular Hbond substituents is 1. The van der Waals surface area contributed by atoms with Crippen LogP contribution in [0.1, 0.15) is 15.9 Å². The number of sulfone groups is 1. The fourth-order valence-corrected chi connectivity index (χ4v) is 6.12. The normalized spacial score (nSPS) is 11.4. The fraction of sp³-hybridized carbons (Fsp3) is 0.0500. The van der Waals surface area contributed by atoms with Crippen molar-refractivity contribution in [1.82, 2.24) is 0 Å². The average molecular weight is 673 g/mol. The van der Waals surface area contributed by atoms with E-state index >= 15 is 0 Å². The summed E-state index contributed by atoms with van der Waals surface area (Å²) in [5.74, 6) is -0.459. The Balaban J connectivity index is 1.98. The molecule has 3 aromatic carbocycles. The SMILES string of the molecule is O=C(Cc1cc(S(=O)(=O)c2ccc(Cl)cc2)ccc1Cl)c1cc(I)cc(I)c1O. The number of halogens is 4. The summed E-state index contributed by atoms with van der Waals surface area (Å²) in [6.07, 6.45) is -0.146. The Morgan fingerprint density at radius 2 is 1.55 bits per heavy atom. The van der Waals surface area contributed by atoms with Crippen LogP contribution in [0, 0.1) is 7.14 Å². The highest BCUT2D eigenvalue weighted by molar-refractivity contribution is 14.1. The van der Waals surface area contributed by atoms with E-state index in [0.29, 0.717) is 14.2 Å². The summed E-state index contributed by atoms with van der Waals surface area (Å²) in [4.78, 5) is 12.9. The van der Waals surface area contributed by atoms with Crippen molar-refractivity contribution in [2.75, 3.05) is 0 Å². The Bertz CT molecular complexity index is 1210. The predicted octanol–water partition coefficient (Wildman–Crippen LogP) is 6.17. The maximum atomic E-state index is 12.9. The number of carbonyl (C=O) groups excluding carboxylic acids is 1. The number of ketones is 1. The van der Waals surface area contributed by atoms with Crippen molar-refractivity contribution in [2.45, 2.75) is 16.2 Å². The van der Waals surface area contributed by atoms with Crippen molar-refractivity contribution < 1.29 is 18.3 Å². The lowest BCUT2D eigenvalue weighted by Gasteiger charge is -2.10. The molecule has 0 saturated heterocycles. The number of benzene rings is 3. The van der Waals surface area contributed by atoms with Gasteiger partial charge in [-0.15, -0.1) is 0 Å². The minimum Gasteiger partial charge on any atom is -0.506 e. The standard InChI is InChI=1S/C20H12Cl2I2O4S/c21-12-1-3-14(4-2-12)29(27,28)15-5-6-17(22)11(7-15)8-19(25)16-9-13(23)10-18(24)20(16)26/h1-7,9-10,26H,8H2. The molecule has 1 N–H and O–H groups in total. The molecule has 0 spiro atoms. The van der Waals surface area contributed by atoms with Gasteiger partial charge in [0.25, 0.3) is 0 Å². The van der Waals surface area contributed by atoms with Crippen molar-refractivity contribution >= 4 is 84.0 Å². The first kappa shape index (κ1) is 22.8. The van der Waals surface area contributed by atoms with E-state index in [1.165, 1.54) is 42.5 Å². The van der Waals surface area contributed by atoms with Crippen LogP contribution in [0.25, 0.3) is 0 Å². The minimum atomic E-state index is -3.80. The molecule has 3 rings (SSSR count). The highest BCUT2D eigenvalue weighted by atomic mass is 127. The lowest BCUT2D eigenvalue weighted by atomic mass is 10.0. The second kappa shape index (κ2) is 9.09. The number of phenols is 1. The van der Waals surface area contributed by atoms with Crippen LogP contribution in [0.5, 0.6) is 5.75 Å². The first-order valence-electron chi connectivity index (χ1n) is 8.10. The summed E-state index contributed by atoms with van der Waals surface area (Å²) in [6, 6.07) is 13.4. The van der Waals surface area contributed by atoms with E-state index in [1.807, 2.05) is 22.6 Å². The van der Waals surface area contributed by atoms with Crippen LogP contribution in [-0.4, -0.2) is 19.3 Å². The van der Waals surface area contributed by atoms with E-state index in [1.54, 1.807) is 12.1 Å². The Labute approximate surface area is 205 Å². The van der Waals surface area contributed by atoms with Crippen molar-refractivity contribution in [1.29, 1.82) is 0 Å². The summed E-state index contributed by atoms with van der Waals surface area (Å²) < 4.78 is 27.2. The maximum Gasteiger partial charge on any atom is 0.206 e. The molecule has 0 aliphatic heterocycles. The van der Waals surface area contributed by atoms with Crippen LogP contribution >= 0.6 is 68.4 Å². The largest absolute Gasteiger partial charge is 0.506 e. The van der Waals surface area contributed by atoms with Gasteiger partial charge in [-0.05, 0) is 105 Å². The molecule has 9 heteroatoms. The van der Waals surface area contributed by atoms with Crippen molar-refractivity contribution in [2.24, 2.45) is 0 Å². The predicted molar refractivity (Wildman–Crippen MR) is 130 cm³/mol. The Hall–Kier alpha value is -0.880. The quantitative estimate of drug-likeness (QED) is 0.260. The molecule has 0 aliphatic carbocycles. The first-order chi connectivity index (χ1) is 13.6. The summed E-state index contributed by atoms with van der Waals surface area (Å²) in [6.45, 7) is 0. The van der Waals surface area contributed by atoms with Crippen LogP contribution in [-0.2, 0) is 16.3 Å². The van der Waals surface area contributed by atoms with Gasteiger partial charge < -0.3 is 5.11 Å². The van der Waals surface area contributed by atoms with Gasteiger partial charge in [0.1, 0.15) is 5.75 Å². The van der Waals surface area contributed by atoms with Gasteiger partial charge in [-0.1, -0.05) is 23.2 Å². The zero-order chi connectivity index (χ0) is 21.3. The van der Waals surface area contributed by atoms with Gasteiger partial charge in [-0.3, -0.25) is 4.79 Å². The Kier molecular flexibility index (Phi) is 7.14. The molecular formula is C20H12Cl2I2O4S. The van der Waals surface area contributed by atoms with Gasteiger partial charge in [0.15, 0.2) is 5.78 Å². The third kappa shape index (κ3) is 5.07. The minimum absolute atomic E-state index is 0.0217. The number of hydrogen-bond donors (Lipinski definition) is 1. The van der Waals surface area contributed by atoms with Crippen LogP contribution in [0.3, 0.4) is 0 Å². The first-order valence-corrected chi connectivity index (χ1v) is 12.5. The Morgan fingerprint density at radius 3 is 2.21 bits per heavy atom. The third-order valence-electron chi connectivity index (χ3n) is 4.13. The van der Waals surface area contributed by atoms with Crippen molar-refractivity contribution in [3.8, 4) is 5.75 Å². The maximum absolute atomic E-state index is 12.9. The number of hydrogen-bond acceptors (Lipinski definition) is 4. The lowest BCUT2D eigenvalue weighted by Crippen LogP contribution is -2.08. The molecule has 0 fully saturated rings. The number of carbonyl (C=O) groups is 1. The molecule has 0 atom stereocenters. The molecule has 150 valence electrons. The highest BCUT2D eigenvalue weighted by Gasteiger charge is 2.21. The second-order valence-electron chi connectivity index (χ2n) is 6.09. The third-order valence-corrected chi connectivity index (χ3v) is 7.96. The van der Waals surface area contributed by atoms with Gasteiger partial charge in [-0.25, -0.2) is 8.42 Å². The van der Waals surface area contributed by atoms with Crippen LogP contribution < -0.4 is 0 Å². The molecule has 0 bridgehead atoms. The molecule has 0 unspecified atom stereocenters. The fourth-order valence-electron chi connectivity index (χ4n) is 2.65. The molecule has 4 nitrogen and oxygen atoms in total. The zero-order valence-electron chi connectivity index (χ0n) is 14.5. The summed E-state index contributed by atoms with van der Waals surface area (Å²) in [5.41, 5.74) is 0.531. The van der Waals surface area contributed by atoms with E-state index < -0.39 is 9.84 Å². The molecule has 0 saturated carbocycles. The van der Waals surface area contributed by atoms with E-state index in [-0.39, 0.29) is 38.3 Å². The smallest absolute Gasteiger partial charge is 0.206 e. The summed E-state index contributed by atoms with van der Waals surface area (Å²) >= 11 is 16.1. The van der Waals surface area contributed by atoms with Gasteiger partial charge in [0.05, 0.1) is 18.9 Å². The van der Waals surface area contributed by atoms with E-state index in [9.17, 15) is 18.3 Å². The molecule has 3 aromatic rings. The van der Waals surface area contributed by atoms with E-state index in [0.717, 1.165) is 3.57 Å². The molecule has 0 aromatic heterocycles. The topological polar surface area (TPSA) is 71.4 Å². The molecule has 29 heavy (non-hydrogen) atoms. The van der Waals surface area contributed by atoms with E-state index in [2.05, 4.69) is 22.6 Å². The number of aromatic hydroxyl groups is 1. The van der Waals surface area contributed by atoms with Gasteiger partial charge in [-0.2, -0.15) is 0 Å². The van der Waals surface area contributed by atoms with Crippen molar-refractivity contribution in [3.05, 3.63) is 82.9 Å². The molecular weight excluding hydrogens is 661 g/mol. The average Bonchev–Trinajstić information content (AvgIpc) is 2.66. The number of rotatable bonds is 5. The van der Waals surface area contributed by atoms with Crippen LogP contribution in [0.15, 0.2) is 64.4 Å². The summed E-state index contributed by atoms with van der Waals surface area (Å²) in [7, 11) is -3.80. The van der Waals surface area contributed by atoms with Gasteiger partial charge in [0.2, 0.25) is 9.84 Å². The monoisotopic (exact) mass is 672 g/mol. The summed E-state index contributed by atoms with van der Waals surface area (Å²) in [5, 5.41) is 10.9. The molecule has 0 amide bonds. The highest BCUT2D eigenvalue weighted by Crippen LogP contribution is 2.30. The lowest BCUT2D eigenvalue weighted by molar-refractivity contribution is 0.0990. The Morgan fingerprint density at radius 1 is 0.931 bits per heavy atom. The zero-order valence-corrected chi connectivity index (χ0v) is 21.1. The second-order valence-corrected chi connectivity index (χ2v) is 11.3. The van der Waals surface area contributed by atoms with Crippen LogP contribution in [0.4, 0.5) is 0 Å². The molecule has 0 heterocycles. The van der Waals surface area contributed by atoms with Crippen molar-refractivity contribution in [3.63, 3.8) is 0 Å². The molecule has 0 aliphatic rings.